The van der Waals surface area contributed by atoms with E-state index < -0.39 is 11.9 Å². The number of nitrogens with one attached hydrogen (secondary N) is 2. The minimum atomic E-state index is -0.560. The molecule has 0 saturated heterocycles. The average Bonchev–Trinajstić information content (AvgIpc) is 2.94. The highest BCUT2D eigenvalue weighted by Crippen LogP contribution is 2.10. The molecule has 0 fully saturated rings. The van der Waals surface area contributed by atoms with Crippen LogP contribution in [0.2, 0.25) is 0 Å². The van der Waals surface area contributed by atoms with E-state index in [4.69, 9.17) is 0 Å². The Labute approximate surface area is 138 Å². The Morgan fingerprint density at radius 2 is 1.92 bits per heavy atom. The number of rotatable bonds is 6. The lowest BCUT2D eigenvalue weighted by Gasteiger charge is -2.04. The molecule has 0 unspecified atom stereocenters. The van der Waals surface area contributed by atoms with Crippen LogP contribution in [0, 0.1) is 0 Å². The minimum Gasteiger partial charge on any atom is -0.468 e. The van der Waals surface area contributed by atoms with E-state index in [1.807, 2.05) is 30.3 Å². The highest BCUT2D eigenvalue weighted by molar-refractivity contribution is 5.97. The Balaban J connectivity index is 1.97. The topological polar surface area (TPSA) is 102 Å². The molecular formula is C16H18N4O4. The quantitative estimate of drug-likeness (QED) is 0.751. The fourth-order valence-electron chi connectivity index (χ4n) is 1.98. The third kappa shape index (κ3) is 4.67. The van der Waals surface area contributed by atoms with Crippen LogP contribution in [0.5, 0.6) is 0 Å². The van der Waals surface area contributed by atoms with E-state index in [0.717, 1.165) is 5.56 Å². The van der Waals surface area contributed by atoms with Crippen LogP contribution in [0.3, 0.4) is 0 Å². The van der Waals surface area contributed by atoms with Crippen LogP contribution in [-0.2, 0) is 27.8 Å². The van der Waals surface area contributed by atoms with Crippen molar-refractivity contribution in [2.24, 2.45) is 7.05 Å². The fraction of sp³-hybridized carbons (Fsp3) is 0.250. The Morgan fingerprint density at radius 1 is 1.21 bits per heavy atom. The highest BCUT2D eigenvalue weighted by atomic mass is 16.5. The molecule has 0 atom stereocenters. The lowest BCUT2D eigenvalue weighted by molar-refractivity contribution is -0.139. The first-order chi connectivity index (χ1) is 11.5. The molecule has 0 aliphatic rings. The summed E-state index contributed by atoms with van der Waals surface area (Å²) < 4.78 is 5.82. The van der Waals surface area contributed by atoms with E-state index in [0.29, 0.717) is 5.82 Å². The first-order valence-electron chi connectivity index (χ1n) is 7.22. The summed E-state index contributed by atoms with van der Waals surface area (Å²) in [5.74, 6) is -0.917. The van der Waals surface area contributed by atoms with Crippen LogP contribution in [0.1, 0.15) is 16.1 Å². The van der Waals surface area contributed by atoms with E-state index in [-0.39, 0.29) is 24.6 Å². The summed E-state index contributed by atoms with van der Waals surface area (Å²) in [6, 6.07) is 10.7. The van der Waals surface area contributed by atoms with Crippen LogP contribution < -0.4 is 10.6 Å². The van der Waals surface area contributed by atoms with Gasteiger partial charge in [-0.3, -0.25) is 19.1 Å². The van der Waals surface area contributed by atoms with Crippen molar-refractivity contribution in [3.05, 3.63) is 47.7 Å². The van der Waals surface area contributed by atoms with E-state index in [9.17, 15) is 14.4 Å². The number of nitrogens with zero attached hydrogens (tertiary/aromatic N) is 2. The maximum atomic E-state index is 12.1. The van der Waals surface area contributed by atoms with Gasteiger partial charge in [0.15, 0.2) is 5.69 Å². The van der Waals surface area contributed by atoms with Crippen molar-refractivity contribution in [2.75, 3.05) is 19.0 Å². The summed E-state index contributed by atoms with van der Waals surface area (Å²) in [5.41, 5.74) is 0.977. The lowest BCUT2D eigenvalue weighted by atomic mass is 10.1. The van der Waals surface area contributed by atoms with Crippen molar-refractivity contribution in [2.45, 2.75) is 6.42 Å². The summed E-state index contributed by atoms with van der Waals surface area (Å²) in [6.07, 6.45) is 0.218. The molecule has 1 aromatic heterocycles. The van der Waals surface area contributed by atoms with Crippen molar-refractivity contribution in [1.82, 2.24) is 15.1 Å². The number of ether oxygens (including phenoxy) is 1. The predicted molar refractivity (Wildman–Crippen MR) is 86.3 cm³/mol. The number of hydrogen-bond acceptors (Lipinski definition) is 5. The molecule has 8 heteroatoms. The number of benzene rings is 1. The van der Waals surface area contributed by atoms with Gasteiger partial charge in [0, 0.05) is 13.1 Å². The van der Waals surface area contributed by atoms with Gasteiger partial charge in [0.1, 0.15) is 12.4 Å². The maximum absolute atomic E-state index is 12.1. The van der Waals surface area contributed by atoms with Crippen LogP contribution in [0.25, 0.3) is 0 Å². The van der Waals surface area contributed by atoms with E-state index in [2.05, 4.69) is 20.5 Å². The molecule has 8 nitrogen and oxygen atoms in total. The number of hydrogen-bond donors (Lipinski definition) is 2. The smallest absolute Gasteiger partial charge is 0.325 e. The standard InChI is InChI=1S/C16H18N4O4/c1-20-13(18-14(21)8-11-6-4-3-5-7-11)9-12(19-20)16(23)17-10-15(22)24-2/h3-7,9H,8,10H2,1-2H3,(H,17,23)(H,18,21). The van der Waals surface area contributed by atoms with E-state index in [1.165, 1.54) is 17.9 Å². The predicted octanol–water partition coefficient (Wildman–Crippen LogP) is 0.504. The molecule has 0 bridgehead atoms. The van der Waals surface area contributed by atoms with Crippen molar-refractivity contribution < 1.29 is 19.1 Å². The largest absolute Gasteiger partial charge is 0.468 e. The molecule has 0 aliphatic carbocycles. The number of aromatic nitrogens is 2. The second-order valence-electron chi connectivity index (χ2n) is 5.01. The molecule has 2 rings (SSSR count). The van der Waals surface area contributed by atoms with E-state index in [1.54, 1.807) is 7.05 Å². The summed E-state index contributed by atoms with van der Waals surface area (Å²) >= 11 is 0. The van der Waals surface area contributed by atoms with Crippen LogP contribution in [-0.4, -0.2) is 41.2 Å². The third-order valence-electron chi connectivity index (χ3n) is 3.21. The zero-order valence-electron chi connectivity index (χ0n) is 13.4. The Bertz CT molecular complexity index is 740. The molecule has 0 spiro atoms. The van der Waals surface area contributed by atoms with Gasteiger partial charge in [-0.15, -0.1) is 0 Å². The van der Waals surface area contributed by atoms with Crippen molar-refractivity contribution in [3.8, 4) is 0 Å². The van der Waals surface area contributed by atoms with Gasteiger partial charge in [-0.05, 0) is 5.56 Å². The normalized spacial score (nSPS) is 10.1. The average molecular weight is 330 g/mol. The Morgan fingerprint density at radius 3 is 2.58 bits per heavy atom. The number of esters is 1. The van der Waals surface area contributed by atoms with Crippen molar-refractivity contribution in [1.29, 1.82) is 0 Å². The molecule has 2 aromatic rings. The molecule has 2 amide bonds. The number of anilines is 1. The molecule has 1 aromatic carbocycles. The number of carbonyl (C=O) groups is 3. The Kier molecular flexibility index (Phi) is 5.67. The van der Waals surface area contributed by atoms with Gasteiger partial charge in [0.2, 0.25) is 5.91 Å². The fourth-order valence-corrected chi connectivity index (χ4v) is 1.98. The van der Waals surface area contributed by atoms with Gasteiger partial charge >= 0.3 is 5.97 Å². The summed E-state index contributed by atoms with van der Waals surface area (Å²) in [6.45, 7) is -0.248. The third-order valence-corrected chi connectivity index (χ3v) is 3.21. The number of amides is 2. The van der Waals surface area contributed by atoms with Crippen molar-refractivity contribution >= 4 is 23.6 Å². The maximum Gasteiger partial charge on any atom is 0.325 e. The van der Waals surface area contributed by atoms with Gasteiger partial charge < -0.3 is 15.4 Å². The number of aryl methyl sites for hydroxylation is 1. The van der Waals surface area contributed by atoms with Gasteiger partial charge in [-0.25, -0.2) is 0 Å². The number of methoxy groups -OCH3 is 1. The SMILES string of the molecule is COC(=O)CNC(=O)c1cc(NC(=O)Cc2ccccc2)n(C)n1. The second kappa shape index (κ2) is 7.91. The van der Waals surface area contributed by atoms with Gasteiger partial charge in [-0.1, -0.05) is 30.3 Å². The molecular weight excluding hydrogens is 312 g/mol. The van der Waals surface area contributed by atoms with E-state index >= 15 is 0 Å². The summed E-state index contributed by atoms with van der Waals surface area (Å²) in [7, 11) is 2.84. The molecule has 0 radical (unpaired) electrons. The summed E-state index contributed by atoms with van der Waals surface area (Å²) in [4.78, 5) is 35.0. The molecule has 126 valence electrons. The lowest BCUT2D eigenvalue weighted by Crippen LogP contribution is -2.30. The second-order valence-corrected chi connectivity index (χ2v) is 5.01. The molecule has 0 aliphatic heterocycles. The molecule has 1 heterocycles. The van der Waals surface area contributed by atoms with Crippen LogP contribution >= 0.6 is 0 Å². The number of carbonyl (C=O) groups excluding carboxylic acids is 3. The highest BCUT2D eigenvalue weighted by Gasteiger charge is 2.15. The monoisotopic (exact) mass is 330 g/mol. The van der Waals surface area contributed by atoms with Gasteiger partial charge in [0.25, 0.3) is 5.91 Å². The minimum absolute atomic E-state index is 0.0939. The molecule has 24 heavy (non-hydrogen) atoms. The zero-order chi connectivity index (χ0) is 17.5. The van der Waals surface area contributed by atoms with Crippen molar-refractivity contribution in [3.63, 3.8) is 0 Å². The first-order valence-corrected chi connectivity index (χ1v) is 7.22. The molecule has 0 saturated carbocycles. The summed E-state index contributed by atoms with van der Waals surface area (Å²) in [5, 5.41) is 9.09. The van der Waals surface area contributed by atoms with Gasteiger partial charge in [-0.2, -0.15) is 5.10 Å². The van der Waals surface area contributed by atoms with Crippen LogP contribution in [0.4, 0.5) is 5.82 Å². The molecule has 2 N–H and O–H groups in total. The first kappa shape index (κ1) is 17.2. The Hall–Kier alpha value is -3.16. The zero-order valence-corrected chi connectivity index (χ0v) is 13.4. The van der Waals surface area contributed by atoms with Gasteiger partial charge in [0.05, 0.1) is 13.5 Å². The van der Waals surface area contributed by atoms with Crippen LogP contribution in [0.15, 0.2) is 36.4 Å².